The summed E-state index contributed by atoms with van der Waals surface area (Å²) in [6.45, 7) is 9.49. The van der Waals surface area contributed by atoms with E-state index < -0.39 is 18.8 Å². The molecule has 0 aromatic heterocycles. The molecule has 2 amide bonds. The molecule has 1 saturated carbocycles. The molecule has 1 aliphatic rings. The summed E-state index contributed by atoms with van der Waals surface area (Å²) in [6.07, 6.45) is 5.15. The van der Waals surface area contributed by atoms with Crippen LogP contribution >= 0.6 is 18.7 Å². The Morgan fingerprint density at radius 3 is 2.04 bits per heavy atom. The smallest absolute Gasteiger partial charge is 0.420 e. The molecule has 0 bridgehead atoms. The Morgan fingerprint density at radius 2 is 1.60 bits per heavy atom. The summed E-state index contributed by atoms with van der Waals surface area (Å²) >= 11 is 1.30. The second kappa shape index (κ2) is 12.0. The molecule has 148 valence electrons. The van der Waals surface area contributed by atoms with Gasteiger partial charge in [0.1, 0.15) is 5.60 Å². The molecule has 0 aliphatic heterocycles. The van der Waals surface area contributed by atoms with Gasteiger partial charge in [-0.15, -0.1) is 0 Å². The van der Waals surface area contributed by atoms with Crippen molar-refractivity contribution < 1.29 is 19.2 Å². The summed E-state index contributed by atoms with van der Waals surface area (Å²) in [5.74, 6) is 0. The fraction of sp³-hybridized carbons (Fsp3) is 0.882. The monoisotopic (exact) mass is 394 g/mol. The highest BCUT2D eigenvalue weighted by molar-refractivity contribution is 8.59. The van der Waals surface area contributed by atoms with Gasteiger partial charge in [-0.05, 0) is 50.8 Å². The van der Waals surface area contributed by atoms with Gasteiger partial charge in [0.2, 0.25) is 0 Å². The summed E-state index contributed by atoms with van der Waals surface area (Å²) in [4.78, 5) is 29.9. The molecule has 1 aliphatic carbocycles. The van der Waals surface area contributed by atoms with Gasteiger partial charge in [0.15, 0.2) is 0 Å². The predicted molar refractivity (Wildman–Crippen MR) is 107 cm³/mol. The van der Waals surface area contributed by atoms with Crippen molar-refractivity contribution in [3.8, 4) is 0 Å². The molecule has 0 spiro atoms. The van der Waals surface area contributed by atoms with Crippen molar-refractivity contribution in [1.29, 1.82) is 0 Å². The van der Waals surface area contributed by atoms with Crippen LogP contribution in [0.5, 0.6) is 0 Å². The number of carbonyl (C=O) groups is 2. The van der Waals surface area contributed by atoms with Crippen molar-refractivity contribution in [2.24, 2.45) is 0 Å². The molecule has 8 heteroatoms. The highest BCUT2D eigenvalue weighted by atomic mass is 32.7. The van der Waals surface area contributed by atoms with E-state index in [2.05, 4.69) is 0 Å². The van der Waals surface area contributed by atoms with Crippen LogP contribution in [-0.2, 0) is 9.57 Å². The first-order valence-corrected chi connectivity index (χ1v) is 11.7. The Hall–Kier alpha value is -0.520. The average molecular weight is 395 g/mol. The lowest BCUT2D eigenvalue weighted by Crippen LogP contribution is -2.32. The highest BCUT2D eigenvalue weighted by Gasteiger charge is 2.35. The summed E-state index contributed by atoms with van der Waals surface area (Å²) in [6, 6.07) is 0. The fourth-order valence-corrected chi connectivity index (χ4v) is 6.94. The second-order valence-electron chi connectivity index (χ2n) is 6.64. The zero-order valence-corrected chi connectivity index (χ0v) is 18.7. The lowest BCUT2D eigenvalue weighted by atomic mass is 10.0. The van der Waals surface area contributed by atoms with Crippen LogP contribution in [0.3, 0.4) is 0 Å². The molecule has 0 radical (unpaired) electrons. The standard InChI is InChI=1S/C15H29N2O4PS.C2H6/c1-15(2,3)21-13(18)17(5)23-22(14(19)16(4)20-6)12-10-8-7-9-11-12;1-2/h12H,7-11H2,1-6H3;1-2H3. The zero-order chi connectivity index (χ0) is 19.6. The van der Waals surface area contributed by atoms with E-state index in [1.54, 1.807) is 14.1 Å². The number of ether oxygens (including phenoxy) is 1. The van der Waals surface area contributed by atoms with E-state index in [0.717, 1.165) is 25.7 Å². The van der Waals surface area contributed by atoms with Crippen LogP contribution in [-0.4, -0.2) is 53.6 Å². The predicted octanol–water partition coefficient (Wildman–Crippen LogP) is 5.87. The number of hydrogen-bond donors (Lipinski definition) is 0. The molecule has 1 unspecified atom stereocenters. The first-order valence-electron chi connectivity index (χ1n) is 8.91. The van der Waals surface area contributed by atoms with E-state index in [1.165, 1.54) is 34.5 Å². The van der Waals surface area contributed by atoms with Gasteiger partial charge in [0.25, 0.3) is 5.65 Å². The Labute approximate surface area is 158 Å². The summed E-state index contributed by atoms with van der Waals surface area (Å²) in [5, 5.41) is 1.27. The van der Waals surface area contributed by atoms with Gasteiger partial charge in [-0.3, -0.25) is 13.9 Å². The van der Waals surface area contributed by atoms with E-state index in [-0.39, 0.29) is 5.65 Å². The van der Waals surface area contributed by atoms with Crippen molar-refractivity contribution >= 4 is 30.4 Å². The number of carbonyl (C=O) groups excluding carboxylic acids is 2. The van der Waals surface area contributed by atoms with Gasteiger partial charge < -0.3 is 4.74 Å². The Morgan fingerprint density at radius 1 is 1.08 bits per heavy atom. The molecule has 0 N–H and O–H groups in total. The number of amides is 2. The van der Waals surface area contributed by atoms with E-state index in [1.807, 2.05) is 34.6 Å². The van der Waals surface area contributed by atoms with E-state index in [9.17, 15) is 9.59 Å². The van der Waals surface area contributed by atoms with E-state index in [4.69, 9.17) is 9.57 Å². The third kappa shape index (κ3) is 9.11. The molecule has 0 aromatic carbocycles. The number of rotatable bonds is 5. The molecule has 1 atom stereocenters. The molecule has 1 fully saturated rings. The zero-order valence-electron chi connectivity index (χ0n) is 17.0. The van der Waals surface area contributed by atoms with Crippen LogP contribution < -0.4 is 0 Å². The third-order valence-corrected chi connectivity index (χ3v) is 8.53. The first kappa shape index (κ1) is 24.5. The Balaban J connectivity index is 0.00000277. The second-order valence-corrected chi connectivity index (χ2v) is 10.8. The summed E-state index contributed by atoms with van der Waals surface area (Å²) in [7, 11) is 3.67. The molecule has 0 saturated heterocycles. The number of nitrogens with zero attached hydrogens (tertiary/aromatic N) is 2. The van der Waals surface area contributed by atoms with Crippen LogP contribution in [0.1, 0.15) is 66.7 Å². The number of hydrogen-bond acceptors (Lipinski definition) is 5. The van der Waals surface area contributed by atoms with Gasteiger partial charge in [-0.2, -0.15) is 0 Å². The summed E-state index contributed by atoms with van der Waals surface area (Å²) < 4.78 is 6.83. The van der Waals surface area contributed by atoms with Gasteiger partial charge in [-0.1, -0.05) is 33.1 Å². The largest absolute Gasteiger partial charge is 0.443 e. The van der Waals surface area contributed by atoms with Crippen LogP contribution in [0.2, 0.25) is 0 Å². The van der Waals surface area contributed by atoms with Crippen molar-refractivity contribution in [3.63, 3.8) is 0 Å². The quantitative estimate of drug-likeness (QED) is 0.331. The van der Waals surface area contributed by atoms with Gasteiger partial charge in [0.05, 0.1) is 14.2 Å². The number of hydroxylamine groups is 2. The molecule has 0 aromatic rings. The third-order valence-electron chi connectivity index (χ3n) is 3.50. The van der Waals surface area contributed by atoms with Gasteiger partial charge in [-0.25, -0.2) is 9.86 Å². The van der Waals surface area contributed by atoms with E-state index in [0.29, 0.717) is 5.66 Å². The highest BCUT2D eigenvalue weighted by Crippen LogP contribution is 2.60. The molecule has 25 heavy (non-hydrogen) atoms. The maximum Gasteiger partial charge on any atom is 0.420 e. The maximum atomic E-state index is 12.6. The van der Waals surface area contributed by atoms with Crippen molar-refractivity contribution in [1.82, 2.24) is 9.37 Å². The molecular formula is C17H35N2O4PS. The molecule has 1 rings (SSSR count). The first-order chi connectivity index (χ1) is 11.7. The minimum Gasteiger partial charge on any atom is -0.443 e. The van der Waals surface area contributed by atoms with Crippen LogP contribution in [0, 0.1) is 0 Å². The molecular weight excluding hydrogens is 359 g/mol. The van der Waals surface area contributed by atoms with Gasteiger partial charge in [0, 0.05) is 14.1 Å². The Kier molecular flexibility index (Phi) is 11.7. The lowest BCUT2D eigenvalue weighted by molar-refractivity contribution is -0.0552. The van der Waals surface area contributed by atoms with Crippen molar-refractivity contribution in [2.75, 3.05) is 21.2 Å². The Bertz CT molecular complexity index is 412. The van der Waals surface area contributed by atoms with Crippen LogP contribution in [0.4, 0.5) is 9.59 Å². The normalized spacial score (nSPS) is 16.3. The molecule has 0 heterocycles. The van der Waals surface area contributed by atoms with Gasteiger partial charge >= 0.3 is 6.09 Å². The fourth-order valence-electron chi connectivity index (χ4n) is 2.28. The van der Waals surface area contributed by atoms with Crippen LogP contribution in [0.15, 0.2) is 0 Å². The topological polar surface area (TPSA) is 59.1 Å². The van der Waals surface area contributed by atoms with E-state index >= 15 is 0 Å². The molecule has 6 nitrogen and oxygen atoms in total. The minimum absolute atomic E-state index is 0.0465. The maximum absolute atomic E-state index is 12.6. The van der Waals surface area contributed by atoms with Crippen molar-refractivity contribution in [3.05, 3.63) is 0 Å². The average Bonchev–Trinajstić information content (AvgIpc) is 2.59. The SMILES string of the molecule is CC.CON(C)C(=O)P(SN(C)C(=O)OC(C)(C)C)C1CCCCC1. The minimum atomic E-state index is -1.09. The summed E-state index contributed by atoms with van der Waals surface area (Å²) in [5.41, 5.74) is -0.277. The van der Waals surface area contributed by atoms with Crippen molar-refractivity contribution in [2.45, 2.75) is 78.0 Å². The lowest BCUT2D eigenvalue weighted by Gasteiger charge is -2.33. The van der Waals surface area contributed by atoms with Crippen LogP contribution in [0.25, 0.3) is 0 Å².